The van der Waals surface area contributed by atoms with E-state index in [-0.39, 0.29) is 5.69 Å². The Morgan fingerprint density at radius 1 is 1.42 bits per heavy atom. The van der Waals surface area contributed by atoms with Crippen LogP contribution in [0.15, 0.2) is 22.7 Å². The fourth-order valence-electron chi connectivity index (χ4n) is 1.18. The van der Waals surface area contributed by atoms with E-state index >= 15 is 0 Å². The smallest absolute Gasteiger partial charge is 0.416 e. The van der Waals surface area contributed by atoms with Gasteiger partial charge in [0.05, 0.1) is 12.1 Å². The Morgan fingerprint density at radius 2 is 2.00 bits per heavy atom. The zero-order valence-electron chi connectivity index (χ0n) is 9.75. The van der Waals surface area contributed by atoms with E-state index in [1.807, 2.05) is 0 Å². The van der Waals surface area contributed by atoms with Gasteiger partial charge in [-0.3, -0.25) is 0 Å². The van der Waals surface area contributed by atoms with Crippen LogP contribution in [0.2, 0.25) is 0 Å². The number of hydrogen-bond donors (Lipinski definition) is 3. The van der Waals surface area contributed by atoms with Crippen LogP contribution in [-0.2, 0) is 11.0 Å². The number of carboxylic acids is 1. The molecule has 3 N–H and O–H groups in total. The number of anilines is 1. The lowest BCUT2D eigenvalue weighted by molar-refractivity contribution is -0.155. The topological polar surface area (TPSA) is 69.6 Å². The average molecular weight is 342 g/mol. The Hall–Kier alpha value is -1.28. The van der Waals surface area contributed by atoms with Crippen molar-refractivity contribution in [2.75, 3.05) is 11.9 Å². The molecule has 0 saturated carbocycles. The van der Waals surface area contributed by atoms with E-state index in [0.29, 0.717) is 4.47 Å². The highest BCUT2D eigenvalue weighted by Crippen LogP contribution is 2.34. The van der Waals surface area contributed by atoms with Crippen molar-refractivity contribution in [1.82, 2.24) is 0 Å². The predicted molar refractivity (Wildman–Crippen MR) is 65.9 cm³/mol. The van der Waals surface area contributed by atoms with Crippen LogP contribution in [0.3, 0.4) is 0 Å². The van der Waals surface area contributed by atoms with E-state index < -0.39 is 29.9 Å². The number of halogens is 4. The Labute approximate surface area is 115 Å². The minimum Gasteiger partial charge on any atom is -0.479 e. The van der Waals surface area contributed by atoms with Crippen LogP contribution in [0, 0.1) is 0 Å². The summed E-state index contributed by atoms with van der Waals surface area (Å²) in [6, 6.07) is 2.92. The quantitative estimate of drug-likeness (QED) is 0.787. The third-order valence-corrected chi connectivity index (χ3v) is 3.07. The zero-order valence-corrected chi connectivity index (χ0v) is 11.3. The second kappa shape index (κ2) is 5.38. The van der Waals surface area contributed by atoms with Crippen molar-refractivity contribution in [3.63, 3.8) is 0 Å². The maximum Gasteiger partial charge on any atom is 0.416 e. The molecule has 0 fully saturated rings. The Kier molecular flexibility index (Phi) is 4.46. The molecule has 1 aromatic rings. The molecule has 0 radical (unpaired) electrons. The molecular formula is C11H11BrF3NO3. The van der Waals surface area contributed by atoms with Crippen molar-refractivity contribution < 1.29 is 28.2 Å². The van der Waals surface area contributed by atoms with Gasteiger partial charge >= 0.3 is 12.1 Å². The van der Waals surface area contributed by atoms with Crippen LogP contribution in [0.25, 0.3) is 0 Å². The first-order valence-corrected chi connectivity index (χ1v) is 5.90. The van der Waals surface area contributed by atoms with Gasteiger partial charge in [0.25, 0.3) is 0 Å². The van der Waals surface area contributed by atoms with Crippen LogP contribution in [-0.4, -0.2) is 28.3 Å². The van der Waals surface area contributed by atoms with Crippen LogP contribution in [0.1, 0.15) is 12.5 Å². The molecular weight excluding hydrogens is 331 g/mol. The molecule has 4 nitrogen and oxygen atoms in total. The number of carboxylic acid groups (broad SMARTS) is 1. The van der Waals surface area contributed by atoms with Crippen molar-refractivity contribution in [2.45, 2.75) is 18.7 Å². The Balaban J connectivity index is 2.93. The summed E-state index contributed by atoms with van der Waals surface area (Å²) in [7, 11) is 0. The van der Waals surface area contributed by atoms with E-state index in [0.717, 1.165) is 19.1 Å². The van der Waals surface area contributed by atoms with Crippen molar-refractivity contribution >= 4 is 27.6 Å². The number of nitrogens with one attached hydrogen (secondary N) is 1. The molecule has 1 atom stereocenters. The maximum absolute atomic E-state index is 12.5. The van der Waals surface area contributed by atoms with Gasteiger partial charge in [-0.1, -0.05) is 0 Å². The molecule has 1 unspecified atom stereocenters. The van der Waals surface area contributed by atoms with Crippen LogP contribution in [0.4, 0.5) is 18.9 Å². The second-order valence-electron chi connectivity index (χ2n) is 4.12. The summed E-state index contributed by atoms with van der Waals surface area (Å²) in [5, 5.41) is 20.6. The van der Waals surface area contributed by atoms with Crippen LogP contribution >= 0.6 is 15.9 Å². The molecule has 0 aliphatic rings. The summed E-state index contributed by atoms with van der Waals surface area (Å²) in [6.45, 7) is 0.617. The molecule has 0 aliphatic carbocycles. The maximum atomic E-state index is 12.5. The molecule has 0 spiro atoms. The van der Waals surface area contributed by atoms with Gasteiger partial charge in [-0.25, -0.2) is 4.79 Å². The first-order chi connectivity index (χ1) is 8.54. The number of aliphatic carboxylic acids is 1. The van der Waals surface area contributed by atoms with Gasteiger partial charge in [-0.05, 0) is 41.1 Å². The first kappa shape index (κ1) is 15.8. The average Bonchev–Trinajstić information content (AvgIpc) is 2.26. The molecule has 8 heteroatoms. The van der Waals surface area contributed by atoms with Crippen molar-refractivity contribution in [3.05, 3.63) is 28.2 Å². The number of carbonyl (C=O) groups is 1. The molecule has 1 rings (SSSR count). The third-order valence-electron chi connectivity index (χ3n) is 2.38. The summed E-state index contributed by atoms with van der Waals surface area (Å²) in [6.07, 6.45) is -4.49. The van der Waals surface area contributed by atoms with Crippen LogP contribution < -0.4 is 5.32 Å². The Bertz CT molecular complexity index is 489. The molecule has 0 amide bonds. The molecule has 0 saturated heterocycles. The summed E-state index contributed by atoms with van der Waals surface area (Å²) < 4.78 is 37.9. The molecule has 0 aromatic heterocycles. The lowest BCUT2D eigenvalue weighted by Gasteiger charge is -2.20. The van der Waals surface area contributed by atoms with Gasteiger partial charge in [0.2, 0.25) is 0 Å². The van der Waals surface area contributed by atoms with Crippen molar-refractivity contribution in [2.24, 2.45) is 0 Å². The number of rotatable bonds is 4. The summed E-state index contributed by atoms with van der Waals surface area (Å²) in [5.41, 5.74) is -2.89. The highest BCUT2D eigenvalue weighted by Gasteiger charge is 2.32. The van der Waals surface area contributed by atoms with Gasteiger partial charge in [-0.2, -0.15) is 13.2 Å². The fourth-order valence-corrected chi connectivity index (χ4v) is 1.57. The Morgan fingerprint density at radius 3 is 2.47 bits per heavy atom. The monoisotopic (exact) mass is 341 g/mol. The largest absolute Gasteiger partial charge is 0.479 e. The lowest BCUT2D eigenvalue weighted by atomic mass is 10.1. The molecule has 0 aliphatic heterocycles. The minimum atomic E-state index is -4.49. The van der Waals surface area contributed by atoms with E-state index in [4.69, 9.17) is 5.11 Å². The van der Waals surface area contributed by atoms with Gasteiger partial charge in [0, 0.05) is 10.2 Å². The van der Waals surface area contributed by atoms with Gasteiger partial charge in [0.1, 0.15) is 0 Å². The standard InChI is InChI=1S/C11H11BrF3NO3/c1-10(19,9(17)18)5-16-8-4-6(11(13,14)15)2-3-7(8)12/h2-4,16,19H,5H2,1H3,(H,17,18). The van der Waals surface area contributed by atoms with Gasteiger partial charge in [-0.15, -0.1) is 0 Å². The number of benzene rings is 1. The molecule has 0 heterocycles. The third kappa shape index (κ3) is 4.10. The lowest BCUT2D eigenvalue weighted by Crippen LogP contribution is -2.41. The van der Waals surface area contributed by atoms with Crippen molar-refractivity contribution in [3.8, 4) is 0 Å². The summed E-state index contributed by atoms with van der Waals surface area (Å²) in [4.78, 5) is 10.7. The van der Waals surface area contributed by atoms with Gasteiger partial charge in [0.15, 0.2) is 5.60 Å². The molecule has 1 aromatic carbocycles. The van der Waals surface area contributed by atoms with E-state index in [1.54, 1.807) is 0 Å². The first-order valence-electron chi connectivity index (χ1n) is 5.10. The number of hydrogen-bond acceptors (Lipinski definition) is 3. The fraction of sp³-hybridized carbons (Fsp3) is 0.364. The zero-order chi connectivity index (χ0) is 14.8. The minimum absolute atomic E-state index is 0.0522. The predicted octanol–water partition coefficient (Wildman–Crippen LogP) is 2.72. The number of alkyl halides is 3. The van der Waals surface area contributed by atoms with Gasteiger partial charge < -0.3 is 15.5 Å². The van der Waals surface area contributed by atoms with Crippen LogP contribution in [0.5, 0.6) is 0 Å². The van der Waals surface area contributed by atoms with Crippen molar-refractivity contribution in [1.29, 1.82) is 0 Å². The highest BCUT2D eigenvalue weighted by molar-refractivity contribution is 9.10. The summed E-state index contributed by atoms with van der Waals surface area (Å²) >= 11 is 3.04. The summed E-state index contributed by atoms with van der Waals surface area (Å²) in [5.74, 6) is -1.47. The highest BCUT2D eigenvalue weighted by atomic mass is 79.9. The van der Waals surface area contributed by atoms with E-state index in [2.05, 4.69) is 21.2 Å². The molecule has 106 valence electrons. The second-order valence-corrected chi connectivity index (χ2v) is 4.98. The molecule has 0 bridgehead atoms. The van der Waals surface area contributed by atoms with E-state index in [9.17, 15) is 23.1 Å². The number of aliphatic hydroxyl groups is 1. The SMILES string of the molecule is CC(O)(CNc1cc(C(F)(F)F)ccc1Br)C(=O)O. The van der Waals surface area contributed by atoms with E-state index in [1.165, 1.54) is 6.07 Å². The molecule has 19 heavy (non-hydrogen) atoms. The normalized spacial score (nSPS) is 14.8.